The number of benzene rings is 3. The summed E-state index contributed by atoms with van der Waals surface area (Å²) in [5.41, 5.74) is 0.266. The van der Waals surface area contributed by atoms with Gasteiger partial charge in [0.1, 0.15) is 18.2 Å². The molecule has 0 radical (unpaired) electrons. The van der Waals surface area contributed by atoms with Gasteiger partial charge in [0.2, 0.25) is 5.91 Å². The second-order valence-corrected chi connectivity index (χ2v) is 6.37. The molecule has 2 N–H and O–H groups in total. The molecule has 0 spiro atoms. The van der Waals surface area contributed by atoms with Crippen molar-refractivity contribution in [2.75, 3.05) is 11.9 Å². The van der Waals surface area contributed by atoms with Crippen molar-refractivity contribution in [3.8, 4) is 5.75 Å². The lowest BCUT2D eigenvalue weighted by Crippen LogP contribution is -2.33. The predicted octanol–water partition coefficient (Wildman–Crippen LogP) is 4.19. The number of amides is 2. The van der Waals surface area contributed by atoms with E-state index in [1.807, 2.05) is 0 Å². The number of carbonyl (C=O) groups excluding carboxylic acids is 2. The third-order valence-corrected chi connectivity index (χ3v) is 4.16. The lowest BCUT2D eigenvalue weighted by atomic mass is 10.2. The second kappa shape index (κ2) is 9.75. The van der Waals surface area contributed by atoms with Crippen molar-refractivity contribution >= 4 is 17.5 Å². The molecule has 2 amide bonds. The Kier molecular flexibility index (Phi) is 6.86. The highest BCUT2D eigenvalue weighted by Gasteiger charge is 2.17. The van der Waals surface area contributed by atoms with E-state index in [9.17, 15) is 27.2 Å². The largest absolute Gasteiger partial charge is 0.488 e. The van der Waals surface area contributed by atoms with Gasteiger partial charge in [0.15, 0.2) is 17.5 Å². The van der Waals surface area contributed by atoms with Gasteiger partial charge in [-0.2, -0.15) is 0 Å². The Labute approximate surface area is 174 Å². The molecule has 0 fully saturated rings. The summed E-state index contributed by atoms with van der Waals surface area (Å²) >= 11 is 0. The van der Waals surface area contributed by atoms with Crippen LogP contribution in [0.25, 0.3) is 0 Å². The Morgan fingerprint density at radius 1 is 0.839 bits per heavy atom. The van der Waals surface area contributed by atoms with E-state index in [4.69, 9.17) is 4.74 Å². The Morgan fingerprint density at radius 3 is 2.29 bits per heavy atom. The minimum absolute atomic E-state index is 0.0838. The summed E-state index contributed by atoms with van der Waals surface area (Å²) in [4.78, 5) is 24.4. The van der Waals surface area contributed by atoms with Crippen molar-refractivity contribution in [1.29, 1.82) is 0 Å². The number of anilines is 1. The Hall–Kier alpha value is -3.88. The zero-order valence-corrected chi connectivity index (χ0v) is 15.9. The SMILES string of the molecule is O=C(CNC(=O)c1ccccc1OCc1ccc(F)cc1)Nc1ccc(F)c(F)c1F. The molecule has 0 aliphatic rings. The molecule has 3 aromatic rings. The smallest absolute Gasteiger partial charge is 0.255 e. The van der Waals surface area contributed by atoms with E-state index in [1.54, 1.807) is 30.3 Å². The quantitative estimate of drug-likeness (QED) is 0.435. The molecule has 0 unspecified atom stereocenters. The molecule has 3 aromatic carbocycles. The fourth-order valence-electron chi connectivity index (χ4n) is 2.59. The van der Waals surface area contributed by atoms with Gasteiger partial charge >= 0.3 is 0 Å². The average Bonchev–Trinajstić information content (AvgIpc) is 2.77. The summed E-state index contributed by atoms with van der Waals surface area (Å²) < 4.78 is 58.4. The lowest BCUT2D eigenvalue weighted by molar-refractivity contribution is -0.115. The molecule has 0 saturated heterocycles. The van der Waals surface area contributed by atoms with Gasteiger partial charge in [-0.25, -0.2) is 17.6 Å². The molecule has 3 rings (SSSR count). The van der Waals surface area contributed by atoms with Crippen LogP contribution in [0.4, 0.5) is 23.2 Å². The topological polar surface area (TPSA) is 67.4 Å². The molecule has 0 aliphatic carbocycles. The summed E-state index contributed by atoms with van der Waals surface area (Å²) in [7, 11) is 0. The summed E-state index contributed by atoms with van der Waals surface area (Å²) in [5.74, 6) is -6.28. The second-order valence-electron chi connectivity index (χ2n) is 6.37. The summed E-state index contributed by atoms with van der Waals surface area (Å²) in [6.07, 6.45) is 0. The molecule has 0 aromatic heterocycles. The first-order valence-corrected chi connectivity index (χ1v) is 9.03. The van der Waals surface area contributed by atoms with Crippen LogP contribution in [0.2, 0.25) is 0 Å². The molecule has 0 saturated carbocycles. The number of hydrogen-bond donors (Lipinski definition) is 2. The van der Waals surface area contributed by atoms with Crippen LogP contribution in [0.1, 0.15) is 15.9 Å². The van der Waals surface area contributed by atoms with E-state index < -0.39 is 41.5 Å². The molecule has 9 heteroatoms. The molecule has 0 atom stereocenters. The third kappa shape index (κ3) is 5.59. The first kappa shape index (κ1) is 21.8. The zero-order valence-electron chi connectivity index (χ0n) is 15.9. The van der Waals surface area contributed by atoms with E-state index in [0.717, 1.165) is 6.07 Å². The molecule has 0 aliphatic heterocycles. The summed E-state index contributed by atoms with van der Waals surface area (Å²) in [6.45, 7) is -0.468. The Bertz CT molecular complexity index is 1100. The summed E-state index contributed by atoms with van der Waals surface area (Å²) in [5, 5.41) is 4.39. The standard InChI is InChI=1S/C22H16F4N2O3/c23-14-7-5-13(6-8-14)12-31-18-4-2-1-3-15(18)22(30)27-11-19(29)28-17-10-9-16(24)20(25)21(17)26/h1-10H,11-12H2,(H,27,30)(H,28,29). The Balaban J connectivity index is 1.60. The first-order valence-electron chi connectivity index (χ1n) is 9.03. The van der Waals surface area contributed by atoms with E-state index in [1.165, 1.54) is 18.2 Å². The summed E-state index contributed by atoms with van der Waals surface area (Å²) in [6, 6.07) is 13.5. The molecule has 0 heterocycles. The fraction of sp³-hybridized carbons (Fsp3) is 0.0909. The van der Waals surface area contributed by atoms with E-state index in [2.05, 4.69) is 10.6 Å². The number of nitrogens with one attached hydrogen (secondary N) is 2. The normalized spacial score (nSPS) is 10.5. The van der Waals surface area contributed by atoms with Gasteiger partial charge in [0.05, 0.1) is 17.8 Å². The number of hydrogen-bond acceptors (Lipinski definition) is 3. The van der Waals surface area contributed by atoms with Crippen LogP contribution in [-0.2, 0) is 11.4 Å². The zero-order chi connectivity index (χ0) is 22.4. The van der Waals surface area contributed by atoms with Crippen molar-refractivity contribution in [2.24, 2.45) is 0 Å². The van der Waals surface area contributed by atoms with Gasteiger partial charge in [0, 0.05) is 0 Å². The minimum Gasteiger partial charge on any atom is -0.488 e. The van der Waals surface area contributed by atoms with Crippen LogP contribution in [0.5, 0.6) is 5.75 Å². The van der Waals surface area contributed by atoms with Gasteiger partial charge in [-0.15, -0.1) is 0 Å². The number of carbonyl (C=O) groups is 2. The molecule has 0 bridgehead atoms. The van der Waals surface area contributed by atoms with Crippen molar-refractivity contribution in [3.05, 3.63) is 95.1 Å². The van der Waals surface area contributed by atoms with Gasteiger partial charge in [-0.05, 0) is 42.0 Å². The average molecular weight is 432 g/mol. The van der Waals surface area contributed by atoms with Crippen molar-refractivity contribution in [3.63, 3.8) is 0 Å². The first-order chi connectivity index (χ1) is 14.8. The van der Waals surface area contributed by atoms with Crippen LogP contribution in [0, 0.1) is 23.3 Å². The van der Waals surface area contributed by atoms with Gasteiger partial charge in [-0.1, -0.05) is 24.3 Å². The van der Waals surface area contributed by atoms with Crippen molar-refractivity contribution in [1.82, 2.24) is 5.32 Å². The monoisotopic (exact) mass is 432 g/mol. The van der Waals surface area contributed by atoms with Gasteiger partial charge in [0.25, 0.3) is 5.91 Å². The van der Waals surface area contributed by atoms with E-state index in [-0.39, 0.29) is 23.7 Å². The highest BCUT2D eigenvalue weighted by atomic mass is 19.2. The van der Waals surface area contributed by atoms with Crippen molar-refractivity contribution < 1.29 is 31.9 Å². The lowest BCUT2D eigenvalue weighted by Gasteiger charge is -2.12. The maximum absolute atomic E-state index is 13.6. The number of para-hydroxylation sites is 1. The maximum atomic E-state index is 13.6. The van der Waals surface area contributed by atoms with E-state index >= 15 is 0 Å². The molecule has 160 valence electrons. The van der Waals surface area contributed by atoms with E-state index in [0.29, 0.717) is 11.6 Å². The minimum atomic E-state index is -1.71. The predicted molar refractivity (Wildman–Crippen MR) is 104 cm³/mol. The van der Waals surface area contributed by atoms with Crippen LogP contribution in [-0.4, -0.2) is 18.4 Å². The molecule has 5 nitrogen and oxygen atoms in total. The maximum Gasteiger partial charge on any atom is 0.255 e. The van der Waals surface area contributed by atoms with Crippen LogP contribution < -0.4 is 15.4 Å². The molecular weight excluding hydrogens is 416 g/mol. The number of rotatable bonds is 7. The number of halogens is 4. The van der Waals surface area contributed by atoms with Crippen molar-refractivity contribution in [2.45, 2.75) is 6.61 Å². The van der Waals surface area contributed by atoms with Crippen LogP contribution in [0.15, 0.2) is 60.7 Å². The highest BCUT2D eigenvalue weighted by molar-refractivity contribution is 6.00. The van der Waals surface area contributed by atoms with Crippen LogP contribution in [0.3, 0.4) is 0 Å². The van der Waals surface area contributed by atoms with Gasteiger partial charge < -0.3 is 15.4 Å². The molecular formula is C22H16F4N2O3. The molecule has 31 heavy (non-hydrogen) atoms. The van der Waals surface area contributed by atoms with Crippen LogP contribution >= 0.6 is 0 Å². The fourth-order valence-corrected chi connectivity index (χ4v) is 2.59. The highest BCUT2D eigenvalue weighted by Crippen LogP contribution is 2.21. The Morgan fingerprint density at radius 2 is 1.55 bits per heavy atom. The third-order valence-electron chi connectivity index (χ3n) is 4.16. The number of ether oxygens (including phenoxy) is 1. The van der Waals surface area contributed by atoms with Gasteiger partial charge in [-0.3, -0.25) is 9.59 Å².